The van der Waals surface area contributed by atoms with Crippen molar-refractivity contribution < 1.29 is 4.39 Å². The third-order valence-corrected chi connectivity index (χ3v) is 4.43. The van der Waals surface area contributed by atoms with Crippen LogP contribution in [0.3, 0.4) is 0 Å². The van der Waals surface area contributed by atoms with Crippen molar-refractivity contribution in [1.82, 2.24) is 10.2 Å². The number of benzene rings is 1. The quantitative estimate of drug-likeness (QED) is 0.649. The lowest BCUT2D eigenvalue weighted by atomic mass is 9.90. The Bertz CT molecular complexity index is 545. The summed E-state index contributed by atoms with van der Waals surface area (Å²) in [5, 5.41) is 3.21. The third kappa shape index (κ3) is 3.57. The predicted molar refractivity (Wildman–Crippen MR) is 88.1 cm³/mol. The summed E-state index contributed by atoms with van der Waals surface area (Å²) in [6, 6.07) is 10.1. The van der Waals surface area contributed by atoms with E-state index in [2.05, 4.69) is 22.3 Å². The lowest BCUT2D eigenvalue weighted by molar-refractivity contribution is 0.265. The van der Waals surface area contributed by atoms with E-state index in [9.17, 15) is 4.39 Å². The molecule has 2 atom stereocenters. The first-order valence-electron chi connectivity index (χ1n) is 8.06. The van der Waals surface area contributed by atoms with E-state index in [1.165, 1.54) is 18.9 Å². The van der Waals surface area contributed by atoms with Gasteiger partial charge in [-0.2, -0.15) is 0 Å². The minimum absolute atomic E-state index is 0.0721. The van der Waals surface area contributed by atoms with Crippen LogP contribution in [0, 0.1) is 0 Å². The number of likely N-dealkylation sites (tertiary alicyclic amines) is 1. The normalized spacial score (nSPS) is 28.6. The first-order chi connectivity index (χ1) is 10.6. The molecular formula is C18H24FN3. The molecule has 1 aliphatic carbocycles. The van der Waals surface area contributed by atoms with E-state index in [1.54, 1.807) is 0 Å². The minimum Gasteiger partial charge on any atom is -0.383 e. The molecule has 3 nitrogen and oxygen atoms in total. The van der Waals surface area contributed by atoms with Gasteiger partial charge in [-0.25, -0.2) is 4.39 Å². The molecule has 1 aliphatic heterocycles. The fourth-order valence-electron chi connectivity index (χ4n) is 3.13. The van der Waals surface area contributed by atoms with Crippen molar-refractivity contribution in [3.63, 3.8) is 0 Å². The van der Waals surface area contributed by atoms with E-state index in [0.717, 1.165) is 31.7 Å². The molecule has 3 rings (SSSR count). The standard InChI is InChI=1S/C18H24FN3/c19-18(20)9-8-16(15-6-2-1-3-7-15)14-17(18)21-10-13-22-11-4-5-12-22/h1-3,6-9,14,16,21H,4-5,10-13,20H2. The van der Waals surface area contributed by atoms with Crippen molar-refractivity contribution >= 4 is 0 Å². The van der Waals surface area contributed by atoms with Gasteiger partial charge in [0.05, 0.1) is 5.70 Å². The molecule has 0 spiro atoms. The Morgan fingerprint density at radius 3 is 2.68 bits per heavy atom. The molecule has 0 amide bonds. The highest BCUT2D eigenvalue weighted by atomic mass is 19.1. The third-order valence-electron chi connectivity index (χ3n) is 4.43. The average molecular weight is 301 g/mol. The maximum absolute atomic E-state index is 14.5. The molecule has 1 fully saturated rings. The predicted octanol–water partition coefficient (Wildman–Crippen LogP) is 2.53. The molecule has 0 aromatic heterocycles. The molecule has 1 heterocycles. The Morgan fingerprint density at radius 1 is 1.23 bits per heavy atom. The summed E-state index contributed by atoms with van der Waals surface area (Å²) < 4.78 is 14.5. The highest BCUT2D eigenvalue weighted by Crippen LogP contribution is 2.29. The van der Waals surface area contributed by atoms with Crippen molar-refractivity contribution in [3.8, 4) is 0 Å². The molecule has 1 saturated heterocycles. The van der Waals surface area contributed by atoms with E-state index in [1.807, 2.05) is 30.4 Å². The smallest absolute Gasteiger partial charge is 0.217 e. The van der Waals surface area contributed by atoms with Crippen molar-refractivity contribution in [2.24, 2.45) is 5.73 Å². The number of allylic oxidation sites excluding steroid dienone is 2. The van der Waals surface area contributed by atoms with Crippen LogP contribution >= 0.6 is 0 Å². The zero-order chi connectivity index (χ0) is 15.4. The zero-order valence-electron chi connectivity index (χ0n) is 12.8. The van der Waals surface area contributed by atoms with Gasteiger partial charge in [-0.1, -0.05) is 36.4 Å². The molecule has 2 unspecified atom stereocenters. The summed E-state index contributed by atoms with van der Waals surface area (Å²) in [5.41, 5.74) is 7.38. The number of nitrogens with zero attached hydrogens (tertiary/aromatic N) is 1. The number of alkyl halides is 1. The van der Waals surface area contributed by atoms with E-state index in [4.69, 9.17) is 5.73 Å². The van der Waals surface area contributed by atoms with Gasteiger partial charge in [0.15, 0.2) is 0 Å². The lowest BCUT2D eigenvalue weighted by Gasteiger charge is -2.28. The average Bonchev–Trinajstić information content (AvgIpc) is 3.03. The fraction of sp³-hybridized carbons (Fsp3) is 0.444. The second-order valence-electron chi connectivity index (χ2n) is 6.12. The monoisotopic (exact) mass is 301 g/mol. The molecule has 4 heteroatoms. The maximum Gasteiger partial charge on any atom is 0.217 e. The van der Waals surface area contributed by atoms with Crippen molar-refractivity contribution in [2.75, 3.05) is 26.2 Å². The van der Waals surface area contributed by atoms with Crippen LogP contribution in [-0.4, -0.2) is 36.9 Å². The molecule has 1 aromatic rings. The Hall–Kier alpha value is -1.65. The molecule has 2 aliphatic rings. The highest BCUT2D eigenvalue weighted by Gasteiger charge is 2.30. The summed E-state index contributed by atoms with van der Waals surface area (Å²) in [7, 11) is 0. The fourth-order valence-corrected chi connectivity index (χ4v) is 3.13. The van der Waals surface area contributed by atoms with Gasteiger partial charge in [0.25, 0.3) is 0 Å². The summed E-state index contributed by atoms with van der Waals surface area (Å²) in [6.45, 7) is 3.96. The number of rotatable bonds is 5. The first-order valence-corrected chi connectivity index (χ1v) is 8.06. The SMILES string of the molecule is NC1(F)C=CC(c2ccccc2)C=C1NCCN1CCCC1. The van der Waals surface area contributed by atoms with Crippen LogP contribution in [0.4, 0.5) is 4.39 Å². The van der Waals surface area contributed by atoms with Crippen LogP contribution < -0.4 is 11.1 Å². The second kappa shape index (κ2) is 6.63. The molecule has 1 aromatic carbocycles. The van der Waals surface area contributed by atoms with Gasteiger partial charge < -0.3 is 10.2 Å². The molecule has 118 valence electrons. The minimum atomic E-state index is -1.89. The number of halogens is 1. The Kier molecular flexibility index (Phi) is 4.60. The van der Waals surface area contributed by atoms with Crippen LogP contribution in [0.2, 0.25) is 0 Å². The number of nitrogens with one attached hydrogen (secondary N) is 1. The van der Waals surface area contributed by atoms with Gasteiger partial charge in [-0.05, 0) is 43.6 Å². The largest absolute Gasteiger partial charge is 0.383 e. The van der Waals surface area contributed by atoms with Gasteiger partial charge >= 0.3 is 0 Å². The van der Waals surface area contributed by atoms with Crippen molar-refractivity contribution in [2.45, 2.75) is 24.6 Å². The van der Waals surface area contributed by atoms with Crippen LogP contribution in [0.5, 0.6) is 0 Å². The molecular weight excluding hydrogens is 277 g/mol. The summed E-state index contributed by atoms with van der Waals surface area (Å²) in [5.74, 6) is -1.82. The molecule has 0 radical (unpaired) electrons. The van der Waals surface area contributed by atoms with E-state index < -0.39 is 5.79 Å². The van der Waals surface area contributed by atoms with Crippen LogP contribution in [0.1, 0.15) is 24.3 Å². The van der Waals surface area contributed by atoms with Crippen LogP contribution in [0.15, 0.2) is 54.3 Å². The summed E-state index contributed by atoms with van der Waals surface area (Å²) in [4.78, 5) is 2.40. The van der Waals surface area contributed by atoms with Gasteiger partial charge in [0.1, 0.15) is 0 Å². The van der Waals surface area contributed by atoms with Crippen LogP contribution in [-0.2, 0) is 0 Å². The Balaban J connectivity index is 1.65. The molecule has 0 bridgehead atoms. The van der Waals surface area contributed by atoms with E-state index in [0.29, 0.717) is 5.70 Å². The van der Waals surface area contributed by atoms with Crippen molar-refractivity contribution in [3.05, 3.63) is 59.8 Å². The second-order valence-corrected chi connectivity index (χ2v) is 6.12. The van der Waals surface area contributed by atoms with Gasteiger partial charge in [-0.3, -0.25) is 5.73 Å². The van der Waals surface area contributed by atoms with Crippen LogP contribution in [0.25, 0.3) is 0 Å². The number of hydrogen-bond donors (Lipinski definition) is 2. The maximum atomic E-state index is 14.5. The lowest BCUT2D eigenvalue weighted by Crippen LogP contribution is -2.44. The number of hydrogen-bond acceptors (Lipinski definition) is 3. The topological polar surface area (TPSA) is 41.3 Å². The van der Waals surface area contributed by atoms with Gasteiger partial charge in [0.2, 0.25) is 5.79 Å². The Morgan fingerprint density at radius 2 is 1.95 bits per heavy atom. The van der Waals surface area contributed by atoms with E-state index in [-0.39, 0.29) is 5.92 Å². The molecule has 0 saturated carbocycles. The number of nitrogens with two attached hydrogens (primary N) is 1. The van der Waals surface area contributed by atoms with Gasteiger partial charge in [0, 0.05) is 19.0 Å². The first kappa shape index (κ1) is 15.3. The molecule has 3 N–H and O–H groups in total. The Labute approximate surface area is 131 Å². The van der Waals surface area contributed by atoms with Gasteiger partial charge in [-0.15, -0.1) is 0 Å². The highest BCUT2D eigenvalue weighted by molar-refractivity contribution is 5.38. The molecule has 22 heavy (non-hydrogen) atoms. The summed E-state index contributed by atoms with van der Waals surface area (Å²) >= 11 is 0. The van der Waals surface area contributed by atoms with Crippen molar-refractivity contribution in [1.29, 1.82) is 0 Å². The zero-order valence-corrected chi connectivity index (χ0v) is 12.8. The van der Waals surface area contributed by atoms with E-state index >= 15 is 0 Å². The summed E-state index contributed by atoms with van der Waals surface area (Å²) in [6.07, 6.45) is 7.74.